The molecule has 2 aromatic rings. The molecule has 0 aliphatic heterocycles. The molecule has 0 radical (unpaired) electrons. The van der Waals surface area contributed by atoms with Crippen molar-refractivity contribution in [1.29, 1.82) is 0 Å². The summed E-state index contributed by atoms with van der Waals surface area (Å²) in [5.74, 6) is -0.901. The van der Waals surface area contributed by atoms with Crippen LogP contribution in [0.15, 0.2) is 24.3 Å². The maximum Gasteiger partial charge on any atom is 0.156 e. The van der Waals surface area contributed by atoms with Crippen LogP contribution < -0.4 is 9.47 Å². The summed E-state index contributed by atoms with van der Waals surface area (Å²) in [5.41, 5.74) is -0.251. The van der Waals surface area contributed by atoms with Crippen LogP contribution in [-0.2, 0) is 0 Å². The summed E-state index contributed by atoms with van der Waals surface area (Å²) in [6, 6.07) is 4.94. The molecule has 8 heteroatoms. The van der Waals surface area contributed by atoms with Gasteiger partial charge in [-0.2, -0.15) is 0 Å². The molecule has 24 heavy (non-hydrogen) atoms. The van der Waals surface area contributed by atoms with Crippen molar-refractivity contribution in [2.45, 2.75) is 0 Å². The molecule has 0 bridgehead atoms. The van der Waals surface area contributed by atoms with Crippen molar-refractivity contribution in [3.8, 4) is 11.5 Å². The van der Waals surface area contributed by atoms with E-state index in [1.54, 1.807) is 0 Å². The molecule has 0 fully saturated rings. The smallest absolute Gasteiger partial charge is 0.156 e. The number of benzene rings is 2. The second-order valence-electron chi connectivity index (χ2n) is 4.24. The van der Waals surface area contributed by atoms with Crippen LogP contribution >= 0.6 is 23.2 Å². The highest BCUT2D eigenvalue weighted by molar-refractivity contribution is 6.33. The summed E-state index contributed by atoms with van der Waals surface area (Å²) >= 11 is 11.1. The largest absolute Gasteiger partial charge is 0.497 e. The predicted octanol–water partition coefficient (Wildman–Crippen LogP) is 4.60. The zero-order valence-electron chi connectivity index (χ0n) is 12.6. The van der Waals surface area contributed by atoms with Crippen LogP contribution in [0.3, 0.4) is 0 Å². The third-order valence-corrected chi connectivity index (χ3v) is 3.33. The average molecular weight is 377 g/mol. The van der Waals surface area contributed by atoms with Crippen molar-refractivity contribution in [1.82, 2.24) is 0 Å². The summed E-state index contributed by atoms with van der Waals surface area (Å²) in [6.45, 7) is 0. The summed E-state index contributed by atoms with van der Waals surface area (Å²) < 4.78 is 35.3. The lowest BCUT2D eigenvalue weighted by Gasteiger charge is -2.03. The first kappa shape index (κ1) is 19.9. The molecule has 0 atom stereocenters. The van der Waals surface area contributed by atoms with Gasteiger partial charge in [0.05, 0.1) is 30.4 Å². The number of hydrogen-bond donors (Lipinski definition) is 0. The zero-order chi connectivity index (χ0) is 18.3. The average Bonchev–Trinajstić information content (AvgIpc) is 2.54. The fourth-order valence-electron chi connectivity index (χ4n) is 1.64. The first-order chi connectivity index (χ1) is 11.4. The number of rotatable bonds is 4. The van der Waals surface area contributed by atoms with Crippen LogP contribution in [0.5, 0.6) is 11.5 Å². The van der Waals surface area contributed by atoms with E-state index in [0.29, 0.717) is 18.3 Å². The lowest BCUT2D eigenvalue weighted by Crippen LogP contribution is -1.94. The van der Waals surface area contributed by atoms with Gasteiger partial charge >= 0.3 is 0 Å². The van der Waals surface area contributed by atoms with Crippen molar-refractivity contribution < 1.29 is 27.8 Å². The molecule has 0 spiro atoms. The highest BCUT2D eigenvalue weighted by Gasteiger charge is 2.09. The van der Waals surface area contributed by atoms with E-state index in [0.717, 1.165) is 12.1 Å². The fraction of sp³-hybridized carbons (Fsp3) is 0.125. The SMILES string of the molecule is COc1cc(Cl)cc(F)c1C=O.COc1cc(F)c(C=O)c(Cl)c1. The number of hydrogen-bond acceptors (Lipinski definition) is 4. The number of ether oxygens (including phenoxy) is 2. The molecular weight excluding hydrogens is 365 g/mol. The molecule has 0 saturated carbocycles. The normalized spacial score (nSPS) is 9.58. The molecule has 128 valence electrons. The maximum absolute atomic E-state index is 12.9. The van der Waals surface area contributed by atoms with Gasteiger partial charge in [-0.05, 0) is 18.2 Å². The minimum Gasteiger partial charge on any atom is -0.497 e. The molecule has 0 N–H and O–H groups in total. The van der Waals surface area contributed by atoms with Crippen LogP contribution in [0, 0.1) is 11.6 Å². The second-order valence-corrected chi connectivity index (χ2v) is 5.09. The lowest BCUT2D eigenvalue weighted by molar-refractivity contribution is 0.111. The Bertz CT molecular complexity index is 728. The van der Waals surface area contributed by atoms with Crippen LogP contribution in [0.1, 0.15) is 20.7 Å². The Morgan fingerprint density at radius 1 is 0.875 bits per heavy atom. The molecule has 0 heterocycles. The zero-order valence-corrected chi connectivity index (χ0v) is 14.1. The Kier molecular flexibility index (Phi) is 7.61. The number of methoxy groups -OCH3 is 2. The molecule has 2 rings (SSSR count). The molecule has 4 nitrogen and oxygen atoms in total. The highest BCUT2D eigenvalue weighted by atomic mass is 35.5. The lowest BCUT2D eigenvalue weighted by atomic mass is 10.2. The van der Waals surface area contributed by atoms with Crippen LogP contribution in [-0.4, -0.2) is 26.8 Å². The number of halogens is 4. The number of carbonyl (C=O) groups excluding carboxylic acids is 2. The molecule has 0 amide bonds. The first-order valence-corrected chi connectivity index (χ1v) is 7.09. The van der Waals surface area contributed by atoms with Crippen LogP contribution in [0.4, 0.5) is 8.78 Å². The van der Waals surface area contributed by atoms with Gasteiger partial charge in [0.2, 0.25) is 0 Å². The first-order valence-electron chi connectivity index (χ1n) is 6.34. The van der Waals surface area contributed by atoms with Crippen molar-refractivity contribution in [3.63, 3.8) is 0 Å². The van der Waals surface area contributed by atoms with Gasteiger partial charge in [-0.25, -0.2) is 8.78 Å². The summed E-state index contributed by atoms with van der Waals surface area (Å²) in [6.07, 6.45) is 0.765. The van der Waals surface area contributed by atoms with Gasteiger partial charge in [-0.3, -0.25) is 9.59 Å². The van der Waals surface area contributed by atoms with Gasteiger partial charge in [0.1, 0.15) is 23.1 Å². The topological polar surface area (TPSA) is 52.6 Å². The van der Waals surface area contributed by atoms with Crippen molar-refractivity contribution in [3.05, 3.63) is 57.1 Å². The third kappa shape index (κ3) is 4.91. The number of carbonyl (C=O) groups is 2. The second kappa shape index (κ2) is 9.20. The standard InChI is InChI=1S/2C8H6ClFO2/c1-12-5-2-7(9)6(4-11)8(10)3-5;1-12-8-3-5(9)2-7(10)6(8)4-11/h2*2-4H,1H3. The maximum atomic E-state index is 12.9. The molecule has 0 aliphatic rings. The Hall–Kier alpha value is -2.18. The van der Waals surface area contributed by atoms with Gasteiger partial charge in [0.25, 0.3) is 0 Å². The van der Waals surface area contributed by atoms with E-state index in [9.17, 15) is 18.4 Å². The minimum atomic E-state index is -0.672. The van der Waals surface area contributed by atoms with Gasteiger partial charge in [0.15, 0.2) is 12.6 Å². The van der Waals surface area contributed by atoms with Gasteiger partial charge in [0, 0.05) is 11.1 Å². The molecular formula is C16H12Cl2F2O4. The number of aldehydes is 2. The third-order valence-electron chi connectivity index (χ3n) is 2.80. The van der Waals surface area contributed by atoms with E-state index in [4.69, 9.17) is 32.7 Å². The Balaban J connectivity index is 0.000000240. The van der Waals surface area contributed by atoms with Crippen molar-refractivity contribution >= 4 is 35.8 Å². The summed E-state index contributed by atoms with van der Waals surface area (Å²) in [7, 11) is 2.74. The van der Waals surface area contributed by atoms with E-state index < -0.39 is 11.6 Å². The molecule has 0 aromatic heterocycles. The van der Waals surface area contributed by atoms with E-state index in [1.165, 1.54) is 26.4 Å². The minimum absolute atomic E-state index is 0.0573. The molecule has 0 aliphatic carbocycles. The summed E-state index contributed by atoms with van der Waals surface area (Å²) in [4.78, 5) is 20.6. The Morgan fingerprint density at radius 2 is 1.46 bits per heavy atom. The van der Waals surface area contributed by atoms with E-state index >= 15 is 0 Å². The Labute approximate surface area is 146 Å². The Morgan fingerprint density at radius 3 is 1.92 bits per heavy atom. The van der Waals surface area contributed by atoms with Crippen molar-refractivity contribution in [2.75, 3.05) is 14.2 Å². The summed E-state index contributed by atoms with van der Waals surface area (Å²) in [5, 5.41) is 0.261. The fourth-order valence-corrected chi connectivity index (χ4v) is 2.07. The van der Waals surface area contributed by atoms with Gasteiger partial charge in [-0.1, -0.05) is 23.2 Å². The van der Waals surface area contributed by atoms with E-state index in [-0.39, 0.29) is 26.9 Å². The van der Waals surface area contributed by atoms with Gasteiger partial charge < -0.3 is 9.47 Å². The van der Waals surface area contributed by atoms with Gasteiger partial charge in [-0.15, -0.1) is 0 Å². The quantitative estimate of drug-likeness (QED) is 0.731. The van der Waals surface area contributed by atoms with Crippen LogP contribution in [0.25, 0.3) is 0 Å². The van der Waals surface area contributed by atoms with E-state index in [2.05, 4.69) is 0 Å². The van der Waals surface area contributed by atoms with Crippen molar-refractivity contribution in [2.24, 2.45) is 0 Å². The molecule has 0 saturated heterocycles. The molecule has 0 unspecified atom stereocenters. The van der Waals surface area contributed by atoms with E-state index in [1.807, 2.05) is 0 Å². The van der Waals surface area contributed by atoms with Crippen LogP contribution in [0.2, 0.25) is 10.0 Å². The highest BCUT2D eigenvalue weighted by Crippen LogP contribution is 2.25. The molecule has 2 aromatic carbocycles. The monoisotopic (exact) mass is 376 g/mol. The predicted molar refractivity (Wildman–Crippen MR) is 86.7 cm³/mol.